The maximum atomic E-state index is 12.7. The Balaban J connectivity index is 1.39. The Morgan fingerprint density at radius 1 is 1.15 bits per heavy atom. The zero-order valence-corrected chi connectivity index (χ0v) is 15.2. The molecular formula is C18H17N5O3S. The quantitative estimate of drug-likeness (QED) is 0.733. The minimum atomic E-state index is -0.318. The summed E-state index contributed by atoms with van der Waals surface area (Å²) in [6.07, 6.45) is 2.22. The molecule has 138 valence electrons. The van der Waals surface area contributed by atoms with Crippen LogP contribution in [0, 0.1) is 0 Å². The van der Waals surface area contributed by atoms with Gasteiger partial charge in [-0.3, -0.25) is 9.59 Å². The lowest BCUT2D eigenvalue weighted by Crippen LogP contribution is -2.44. The van der Waals surface area contributed by atoms with Gasteiger partial charge in [-0.1, -0.05) is 0 Å². The number of ether oxygens (including phenoxy) is 1. The fourth-order valence-electron chi connectivity index (χ4n) is 3.37. The number of hydrogen-bond acceptors (Lipinski definition) is 7. The number of nitrogens with zero attached hydrogens (tertiary/aromatic N) is 4. The van der Waals surface area contributed by atoms with Crippen molar-refractivity contribution in [2.45, 2.75) is 30.8 Å². The van der Waals surface area contributed by atoms with Gasteiger partial charge in [0.2, 0.25) is 0 Å². The number of amides is 1. The zero-order chi connectivity index (χ0) is 18.4. The number of benzene rings is 1. The average Bonchev–Trinajstić information content (AvgIpc) is 3.24. The van der Waals surface area contributed by atoms with Gasteiger partial charge in [0.05, 0.1) is 36.7 Å². The number of hydrogen-bond donors (Lipinski definition) is 1. The molecule has 5 rings (SSSR count). The smallest absolute Gasteiger partial charge is 0.267 e. The molecule has 2 aliphatic rings. The van der Waals surface area contributed by atoms with Gasteiger partial charge in [-0.15, -0.1) is 0 Å². The molecule has 8 nitrogen and oxygen atoms in total. The van der Waals surface area contributed by atoms with Crippen LogP contribution in [-0.4, -0.2) is 43.7 Å². The molecule has 1 aromatic carbocycles. The van der Waals surface area contributed by atoms with Crippen LogP contribution in [0.25, 0.3) is 11.0 Å². The second kappa shape index (κ2) is 6.50. The van der Waals surface area contributed by atoms with E-state index < -0.39 is 0 Å². The van der Waals surface area contributed by atoms with E-state index in [1.54, 1.807) is 30.3 Å². The molecule has 1 saturated carbocycles. The summed E-state index contributed by atoms with van der Waals surface area (Å²) in [5, 5.41) is 7.52. The predicted molar refractivity (Wildman–Crippen MR) is 99.0 cm³/mol. The summed E-state index contributed by atoms with van der Waals surface area (Å²) in [7, 11) is 0. The van der Waals surface area contributed by atoms with Crippen LogP contribution in [0.3, 0.4) is 0 Å². The van der Waals surface area contributed by atoms with E-state index in [4.69, 9.17) is 4.74 Å². The summed E-state index contributed by atoms with van der Waals surface area (Å²) in [4.78, 5) is 25.0. The number of fused-ring (bicyclic) bond motifs is 1. The zero-order valence-electron chi connectivity index (χ0n) is 14.4. The molecule has 1 aliphatic heterocycles. The molecule has 1 aliphatic carbocycles. The molecule has 1 amide bonds. The Morgan fingerprint density at radius 3 is 2.85 bits per heavy atom. The molecular weight excluding hydrogens is 366 g/mol. The third-order valence-electron chi connectivity index (χ3n) is 5.04. The molecule has 2 aromatic heterocycles. The third kappa shape index (κ3) is 3.13. The lowest BCUT2D eigenvalue weighted by Gasteiger charge is -2.20. The highest BCUT2D eigenvalue weighted by Crippen LogP contribution is 2.38. The van der Waals surface area contributed by atoms with Crippen LogP contribution in [0.5, 0.6) is 0 Å². The van der Waals surface area contributed by atoms with Crippen molar-refractivity contribution in [1.29, 1.82) is 0 Å². The van der Waals surface area contributed by atoms with Crippen molar-refractivity contribution in [3.05, 3.63) is 51.9 Å². The van der Waals surface area contributed by atoms with E-state index in [2.05, 4.69) is 19.2 Å². The molecule has 0 radical (unpaired) electrons. The second-order valence-corrected chi connectivity index (χ2v) is 7.50. The van der Waals surface area contributed by atoms with Crippen molar-refractivity contribution in [2.75, 3.05) is 13.2 Å². The Labute approximate surface area is 158 Å². The van der Waals surface area contributed by atoms with E-state index in [1.807, 2.05) is 0 Å². The lowest BCUT2D eigenvalue weighted by molar-refractivity contribution is 0.0924. The highest BCUT2D eigenvalue weighted by Gasteiger charge is 2.34. The van der Waals surface area contributed by atoms with E-state index in [-0.39, 0.29) is 23.6 Å². The molecule has 27 heavy (non-hydrogen) atoms. The summed E-state index contributed by atoms with van der Waals surface area (Å²) < 4.78 is 15.3. The molecule has 1 N–H and O–H groups in total. The first-order valence-corrected chi connectivity index (χ1v) is 9.63. The number of nitrogens with one attached hydrogen (secondary N) is 1. The summed E-state index contributed by atoms with van der Waals surface area (Å²) >= 11 is 1.12. The average molecular weight is 383 g/mol. The van der Waals surface area contributed by atoms with Crippen LogP contribution in [0.15, 0.2) is 35.1 Å². The molecule has 2 atom stereocenters. The largest absolute Gasteiger partial charge is 0.377 e. The van der Waals surface area contributed by atoms with E-state index in [9.17, 15) is 9.59 Å². The van der Waals surface area contributed by atoms with E-state index >= 15 is 0 Å². The van der Waals surface area contributed by atoms with Crippen LogP contribution in [-0.2, 0) is 4.74 Å². The van der Waals surface area contributed by atoms with Crippen molar-refractivity contribution in [3.63, 3.8) is 0 Å². The Morgan fingerprint density at radius 2 is 2.00 bits per heavy atom. The topological polar surface area (TPSA) is 99.0 Å². The van der Waals surface area contributed by atoms with Gasteiger partial charge in [0, 0.05) is 17.5 Å². The number of carbonyl (C=O) groups excluding carboxylic acids is 1. The highest BCUT2D eigenvalue weighted by molar-refractivity contribution is 7.00. The SMILES string of the molecule is O=C(NC1COCC1n1nc(C2CC2)ccc1=O)c1ccc2nsnc2c1. The van der Waals surface area contributed by atoms with Crippen molar-refractivity contribution >= 4 is 28.7 Å². The number of rotatable bonds is 4. The van der Waals surface area contributed by atoms with E-state index in [0.717, 1.165) is 35.8 Å². The summed E-state index contributed by atoms with van der Waals surface area (Å²) in [5.41, 5.74) is 2.73. The van der Waals surface area contributed by atoms with Gasteiger partial charge in [-0.2, -0.15) is 13.8 Å². The van der Waals surface area contributed by atoms with Gasteiger partial charge < -0.3 is 10.1 Å². The normalized spacial score (nSPS) is 22.2. The van der Waals surface area contributed by atoms with Crippen molar-refractivity contribution in [3.8, 4) is 0 Å². The first-order valence-electron chi connectivity index (χ1n) is 8.90. The molecule has 3 aromatic rings. The van der Waals surface area contributed by atoms with Gasteiger partial charge in [-0.05, 0) is 37.1 Å². The molecule has 2 fully saturated rings. The van der Waals surface area contributed by atoms with Gasteiger partial charge in [-0.25, -0.2) is 4.68 Å². The maximum absolute atomic E-state index is 12.7. The van der Waals surface area contributed by atoms with Crippen LogP contribution < -0.4 is 10.9 Å². The summed E-state index contributed by atoms with van der Waals surface area (Å²) in [5.74, 6) is 0.224. The summed E-state index contributed by atoms with van der Waals surface area (Å²) in [6, 6.07) is 7.95. The van der Waals surface area contributed by atoms with Crippen molar-refractivity contribution < 1.29 is 9.53 Å². The highest BCUT2D eigenvalue weighted by atomic mass is 32.1. The minimum absolute atomic E-state index is 0.177. The van der Waals surface area contributed by atoms with Gasteiger partial charge in [0.1, 0.15) is 17.1 Å². The van der Waals surface area contributed by atoms with Crippen molar-refractivity contribution in [2.24, 2.45) is 0 Å². The second-order valence-electron chi connectivity index (χ2n) is 6.97. The van der Waals surface area contributed by atoms with Gasteiger partial charge in [0.15, 0.2) is 0 Å². The Bertz CT molecular complexity index is 1070. The van der Waals surface area contributed by atoms with Gasteiger partial charge in [0.25, 0.3) is 11.5 Å². The van der Waals surface area contributed by atoms with Crippen LogP contribution in [0.2, 0.25) is 0 Å². The van der Waals surface area contributed by atoms with Crippen LogP contribution in [0.1, 0.15) is 40.9 Å². The molecule has 0 bridgehead atoms. The van der Waals surface area contributed by atoms with E-state index in [1.165, 1.54) is 4.68 Å². The van der Waals surface area contributed by atoms with Crippen LogP contribution in [0.4, 0.5) is 0 Å². The maximum Gasteiger partial charge on any atom is 0.267 e. The molecule has 1 saturated heterocycles. The lowest BCUT2D eigenvalue weighted by atomic mass is 10.1. The summed E-state index contributed by atoms with van der Waals surface area (Å²) in [6.45, 7) is 0.694. The molecule has 9 heteroatoms. The fourth-order valence-corrected chi connectivity index (χ4v) is 3.89. The first kappa shape index (κ1) is 16.5. The van der Waals surface area contributed by atoms with Crippen molar-refractivity contribution in [1.82, 2.24) is 23.8 Å². The van der Waals surface area contributed by atoms with Gasteiger partial charge >= 0.3 is 0 Å². The number of aromatic nitrogens is 4. The Hall–Kier alpha value is -2.65. The molecule has 2 unspecified atom stereocenters. The Kier molecular flexibility index (Phi) is 3.98. The predicted octanol–water partition coefficient (Wildman–Crippen LogP) is 1.50. The molecule has 0 spiro atoms. The standard InChI is InChI=1S/C18H17N5O3S/c24-17-6-5-12(10-1-2-10)20-23(17)16-9-26-8-15(16)19-18(25)11-3-4-13-14(7-11)22-27-21-13/h3-7,10,15-16H,1-2,8-9H2,(H,19,25). The molecule has 3 heterocycles. The third-order valence-corrected chi connectivity index (χ3v) is 5.60. The number of carbonyl (C=O) groups is 1. The minimum Gasteiger partial charge on any atom is -0.377 e. The van der Waals surface area contributed by atoms with E-state index in [0.29, 0.717) is 30.2 Å². The first-order chi connectivity index (χ1) is 13.2. The monoisotopic (exact) mass is 383 g/mol. The van der Waals surface area contributed by atoms with Crippen LogP contribution >= 0.6 is 11.7 Å². The fraction of sp³-hybridized carbons (Fsp3) is 0.389.